The van der Waals surface area contributed by atoms with Crippen LogP contribution in [0, 0.1) is 0 Å². The van der Waals surface area contributed by atoms with Crippen LogP contribution in [-0.2, 0) is 9.53 Å². The molecule has 0 bridgehead atoms. The molecule has 1 aromatic carbocycles. The van der Waals surface area contributed by atoms with Gasteiger partial charge in [-0.05, 0) is 31.0 Å². The van der Waals surface area contributed by atoms with Gasteiger partial charge in [0.2, 0.25) is 5.91 Å². The van der Waals surface area contributed by atoms with Crippen molar-refractivity contribution >= 4 is 17.6 Å². The number of hydrogen-bond donors (Lipinski definition) is 2. The molecular weight excluding hydrogens is 232 g/mol. The summed E-state index contributed by atoms with van der Waals surface area (Å²) >= 11 is 0. The minimum absolute atomic E-state index is 0.107. The van der Waals surface area contributed by atoms with E-state index in [-0.39, 0.29) is 5.91 Å². The average Bonchev–Trinajstić information content (AvgIpc) is 3.20. The van der Waals surface area contributed by atoms with Crippen LogP contribution in [0.4, 0.5) is 5.69 Å². The molecule has 1 aliphatic rings. The van der Waals surface area contributed by atoms with Gasteiger partial charge in [0.05, 0.1) is 19.2 Å². The summed E-state index contributed by atoms with van der Waals surface area (Å²) < 4.78 is 4.62. The molecule has 1 fully saturated rings. The summed E-state index contributed by atoms with van der Waals surface area (Å²) in [6.07, 6.45) is 2.29. The number of carbonyl (C=O) groups excluding carboxylic acids is 2. The average molecular weight is 248 g/mol. The summed E-state index contributed by atoms with van der Waals surface area (Å²) in [5.74, 6) is -0.522. The molecule has 5 nitrogen and oxygen atoms in total. The van der Waals surface area contributed by atoms with Crippen LogP contribution in [0.3, 0.4) is 0 Å². The van der Waals surface area contributed by atoms with Crippen molar-refractivity contribution < 1.29 is 14.3 Å². The highest BCUT2D eigenvalue weighted by molar-refractivity contribution is 5.95. The van der Waals surface area contributed by atoms with Crippen molar-refractivity contribution in [1.29, 1.82) is 0 Å². The van der Waals surface area contributed by atoms with E-state index in [1.807, 2.05) is 0 Å². The summed E-state index contributed by atoms with van der Waals surface area (Å²) in [4.78, 5) is 22.9. The van der Waals surface area contributed by atoms with Gasteiger partial charge in [-0.15, -0.1) is 0 Å². The second-order valence-corrected chi connectivity index (χ2v) is 4.28. The summed E-state index contributed by atoms with van der Waals surface area (Å²) in [5, 5.41) is 5.86. The molecule has 0 heterocycles. The van der Waals surface area contributed by atoms with Gasteiger partial charge in [-0.2, -0.15) is 0 Å². The maximum atomic E-state index is 11.6. The molecule has 0 aliphatic heterocycles. The summed E-state index contributed by atoms with van der Waals surface area (Å²) in [7, 11) is 1.33. The normalized spacial score (nSPS) is 14.1. The maximum absolute atomic E-state index is 11.6. The Bertz CT molecular complexity index is 455. The third-order valence-corrected chi connectivity index (χ3v) is 2.70. The van der Waals surface area contributed by atoms with Gasteiger partial charge in [0.1, 0.15) is 0 Å². The van der Waals surface area contributed by atoms with E-state index in [9.17, 15) is 9.59 Å². The van der Waals surface area contributed by atoms with Gasteiger partial charge in [0.25, 0.3) is 0 Å². The van der Waals surface area contributed by atoms with Gasteiger partial charge >= 0.3 is 5.97 Å². The molecule has 2 N–H and O–H groups in total. The monoisotopic (exact) mass is 248 g/mol. The van der Waals surface area contributed by atoms with Crippen LogP contribution in [-0.4, -0.2) is 31.6 Å². The number of hydrogen-bond acceptors (Lipinski definition) is 4. The van der Waals surface area contributed by atoms with Crippen LogP contribution in [0.15, 0.2) is 24.3 Å². The number of ether oxygens (including phenoxy) is 1. The Morgan fingerprint density at radius 3 is 2.83 bits per heavy atom. The third kappa shape index (κ3) is 3.56. The first-order valence-electron chi connectivity index (χ1n) is 5.90. The van der Waals surface area contributed by atoms with E-state index in [1.54, 1.807) is 24.3 Å². The topological polar surface area (TPSA) is 67.4 Å². The van der Waals surface area contributed by atoms with Crippen molar-refractivity contribution in [1.82, 2.24) is 5.32 Å². The lowest BCUT2D eigenvalue weighted by Gasteiger charge is -2.07. The fourth-order valence-electron chi connectivity index (χ4n) is 1.57. The summed E-state index contributed by atoms with van der Waals surface area (Å²) in [5.41, 5.74) is 1.02. The zero-order chi connectivity index (χ0) is 13.0. The van der Waals surface area contributed by atoms with Gasteiger partial charge in [0, 0.05) is 11.7 Å². The molecule has 0 spiro atoms. The quantitative estimate of drug-likeness (QED) is 0.767. The molecule has 96 valence electrons. The van der Waals surface area contributed by atoms with Crippen LogP contribution < -0.4 is 10.6 Å². The number of nitrogens with one attached hydrogen (secondary N) is 2. The molecule has 0 radical (unpaired) electrons. The Balaban J connectivity index is 1.91. The van der Waals surface area contributed by atoms with Crippen LogP contribution in [0.5, 0.6) is 0 Å². The first-order chi connectivity index (χ1) is 8.69. The van der Waals surface area contributed by atoms with E-state index >= 15 is 0 Å². The molecule has 0 atom stereocenters. The summed E-state index contributed by atoms with van der Waals surface area (Å²) in [6.45, 7) is 0.299. The van der Waals surface area contributed by atoms with Crippen molar-refractivity contribution in [2.45, 2.75) is 18.9 Å². The maximum Gasteiger partial charge on any atom is 0.337 e. The Morgan fingerprint density at radius 1 is 1.39 bits per heavy atom. The minimum atomic E-state index is -0.415. The molecule has 0 unspecified atom stereocenters. The lowest BCUT2D eigenvalue weighted by molar-refractivity contribution is -0.115. The van der Waals surface area contributed by atoms with Crippen molar-refractivity contribution in [3.8, 4) is 0 Å². The van der Waals surface area contributed by atoms with E-state index in [1.165, 1.54) is 7.11 Å². The number of anilines is 1. The van der Waals surface area contributed by atoms with E-state index in [4.69, 9.17) is 0 Å². The number of methoxy groups -OCH3 is 1. The van der Waals surface area contributed by atoms with Crippen LogP contribution in [0.2, 0.25) is 0 Å². The van der Waals surface area contributed by atoms with E-state index in [0.29, 0.717) is 23.8 Å². The van der Waals surface area contributed by atoms with Crippen molar-refractivity contribution in [2.24, 2.45) is 0 Å². The second-order valence-electron chi connectivity index (χ2n) is 4.28. The zero-order valence-electron chi connectivity index (χ0n) is 10.2. The van der Waals surface area contributed by atoms with Gasteiger partial charge < -0.3 is 15.4 Å². The zero-order valence-corrected chi connectivity index (χ0v) is 10.2. The smallest absolute Gasteiger partial charge is 0.337 e. The SMILES string of the molecule is COC(=O)c1cccc(NC(=O)CNC2CC2)c1. The summed E-state index contributed by atoms with van der Waals surface area (Å²) in [6, 6.07) is 7.18. The third-order valence-electron chi connectivity index (χ3n) is 2.70. The lowest BCUT2D eigenvalue weighted by atomic mass is 10.2. The molecular formula is C13H16N2O3. The highest BCUT2D eigenvalue weighted by atomic mass is 16.5. The molecule has 1 amide bonds. The largest absolute Gasteiger partial charge is 0.465 e. The molecule has 18 heavy (non-hydrogen) atoms. The standard InChI is InChI=1S/C13H16N2O3/c1-18-13(17)9-3-2-4-11(7-9)15-12(16)8-14-10-5-6-10/h2-4,7,10,14H,5-6,8H2,1H3,(H,15,16). The number of amides is 1. The van der Waals surface area contributed by atoms with Crippen molar-refractivity contribution in [2.75, 3.05) is 19.0 Å². The van der Waals surface area contributed by atoms with Gasteiger partial charge in [-0.1, -0.05) is 6.07 Å². The van der Waals surface area contributed by atoms with E-state index < -0.39 is 5.97 Å². The van der Waals surface area contributed by atoms with Crippen LogP contribution in [0.25, 0.3) is 0 Å². The fraction of sp³-hybridized carbons (Fsp3) is 0.385. The highest BCUT2D eigenvalue weighted by Gasteiger charge is 2.21. The van der Waals surface area contributed by atoms with Crippen LogP contribution >= 0.6 is 0 Å². The molecule has 1 saturated carbocycles. The van der Waals surface area contributed by atoms with Crippen molar-refractivity contribution in [3.05, 3.63) is 29.8 Å². The molecule has 0 aromatic heterocycles. The number of carbonyl (C=O) groups is 2. The number of esters is 1. The minimum Gasteiger partial charge on any atom is -0.465 e. The number of benzene rings is 1. The molecule has 2 rings (SSSR count). The molecule has 1 aliphatic carbocycles. The molecule has 0 saturated heterocycles. The molecule has 5 heteroatoms. The predicted octanol–water partition coefficient (Wildman–Crippen LogP) is 1.16. The highest BCUT2D eigenvalue weighted by Crippen LogP contribution is 2.18. The Kier molecular flexibility index (Phi) is 3.94. The van der Waals surface area contributed by atoms with Crippen LogP contribution in [0.1, 0.15) is 23.2 Å². The Morgan fingerprint density at radius 2 is 2.17 bits per heavy atom. The second kappa shape index (κ2) is 5.64. The molecule has 1 aromatic rings. The van der Waals surface area contributed by atoms with E-state index in [2.05, 4.69) is 15.4 Å². The van der Waals surface area contributed by atoms with Gasteiger partial charge in [0.15, 0.2) is 0 Å². The van der Waals surface area contributed by atoms with Gasteiger partial charge in [-0.25, -0.2) is 4.79 Å². The first-order valence-corrected chi connectivity index (χ1v) is 5.90. The van der Waals surface area contributed by atoms with Crippen molar-refractivity contribution in [3.63, 3.8) is 0 Å². The number of rotatable bonds is 5. The lowest BCUT2D eigenvalue weighted by Crippen LogP contribution is -2.29. The Hall–Kier alpha value is -1.88. The van der Waals surface area contributed by atoms with Gasteiger partial charge in [-0.3, -0.25) is 4.79 Å². The fourth-order valence-corrected chi connectivity index (χ4v) is 1.57. The predicted molar refractivity (Wildman–Crippen MR) is 67.4 cm³/mol. The van der Waals surface area contributed by atoms with E-state index in [0.717, 1.165) is 12.8 Å². The Labute approximate surface area is 106 Å². The first kappa shape index (κ1) is 12.6.